The van der Waals surface area contributed by atoms with Crippen LogP contribution in [0.4, 0.5) is 0 Å². The van der Waals surface area contributed by atoms with Crippen LogP contribution in [0.3, 0.4) is 0 Å². The highest BCUT2D eigenvalue weighted by Gasteiger charge is 2.17. The van der Waals surface area contributed by atoms with Crippen molar-refractivity contribution in [2.45, 2.75) is 39.2 Å². The SMILES string of the molecule is CN=C(NCCc1cccs1)NCc1csc(C(C)(C)C)n1.I. The smallest absolute Gasteiger partial charge is 0.191 e. The number of hydrogen-bond acceptors (Lipinski definition) is 4. The van der Waals surface area contributed by atoms with Gasteiger partial charge < -0.3 is 10.6 Å². The van der Waals surface area contributed by atoms with E-state index >= 15 is 0 Å². The molecule has 0 radical (unpaired) electrons. The standard InChI is InChI=1S/C16H24N4S2.HI/c1-16(2,3)14-20-12(11-22-14)10-19-15(17-4)18-8-7-13-6-5-9-21-13;/h5-6,9,11H,7-8,10H2,1-4H3,(H2,17,18,19);1H. The van der Waals surface area contributed by atoms with Crippen molar-refractivity contribution in [2.24, 2.45) is 4.99 Å². The fourth-order valence-corrected chi connectivity index (χ4v) is 3.50. The largest absolute Gasteiger partial charge is 0.356 e. The van der Waals surface area contributed by atoms with Crippen molar-refractivity contribution < 1.29 is 0 Å². The van der Waals surface area contributed by atoms with E-state index < -0.39 is 0 Å². The van der Waals surface area contributed by atoms with Gasteiger partial charge in [-0.1, -0.05) is 26.8 Å². The fraction of sp³-hybridized carbons (Fsp3) is 0.500. The number of thiophene rings is 1. The minimum atomic E-state index is 0. The molecule has 0 amide bonds. The van der Waals surface area contributed by atoms with Crippen molar-refractivity contribution >= 4 is 52.6 Å². The minimum Gasteiger partial charge on any atom is -0.356 e. The molecule has 23 heavy (non-hydrogen) atoms. The third-order valence-corrected chi connectivity index (χ3v) is 5.35. The molecule has 2 aromatic heterocycles. The first-order chi connectivity index (χ1) is 10.5. The normalized spacial score (nSPS) is 11.9. The molecule has 0 aliphatic heterocycles. The maximum Gasteiger partial charge on any atom is 0.191 e. The molecule has 0 saturated carbocycles. The van der Waals surface area contributed by atoms with Gasteiger partial charge in [-0.3, -0.25) is 4.99 Å². The number of thiazole rings is 1. The Morgan fingerprint density at radius 1 is 1.26 bits per heavy atom. The molecule has 0 spiro atoms. The Labute approximate surface area is 163 Å². The molecule has 2 rings (SSSR count). The molecular weight excluding hydrogens is 439 g/mol. The fourth-order valence-electron chi connectivity index (χ4n) is 1.89. The first-order valence-corrected chi connectivity index (χ1v) is 9.17. The number of halogens is 1. The Balaban J connectivity index is 0.00000264. The third kappa shape index (κ3) is 6.76. The van der Waals surface area contributed by atoms with E-state index in [4.69, 9.17) is 0 Å². The molecule has 0 fully saturated rings. The summed E-state index contributed by atoms with van der Waals surface area (Å²) in [6.07, 6.45) is 1.02. The van der Waals surface area contributed by atoms with Crippen LogP contribution in [0, 0.1) is 0 Å². The van der Waals surface area contributed by atoms with E-state index in [0.29, 0.717) is 6.54 Å². The van der Waals surface area contributed by atoms with E-state index in [1.807, 2.05) is 0 Å². The monoisotopic (exact) mass is 464 g/mol. The van der Waals surface area contributed by atoms with E-state index in [1.54, 1.807) is 29.7 Å². The molecule has 0 aliphatic rings. The van der Waals surface area contributed by atoms with Crippen molar-refractivity contribution in [1.82, 2.24) is 15.6 Å². The zero-order chi connectivity index (χ0) is 16.0. The summed E-state index contributed by atoms with van der Waals surface area (Å²) in [5, 5.41) is 12.1. The highest BCUT2D eigenvalue weighted by atomic mass is 127. The van der Waals surface area contributed by atoms with Crippen molar-refractivity contribution in [2.75, 3.05) is 13.6 Å². The van der Waals surface area contributed by atoms with Crippen molar-refractivity contribution in [3.63, 3.8) is 0 Å². The predicted octanol–water partition coefficient (Wildman–Crippen LogP) is 4.03. The van der Waals surface area contributed by atoms with Crippen LogP contribution >= 0.6 is 46.7 Å². The summed E-state index contributed by atoms with van der Waals surface area (Å²) in [7, 11) is 1.79. The van der Waals surface area contributed by atoms with Gasteiger partial charge in [-0.2, -0.15) is 0 Å². The molecule has 2 aromatic rings. The van der Waals surface area contributed by atoms with Gasteiger partial charge >= 0.3 is 0 Å². The summed E-state index contributed by atoms with van der Waals surface area (Å²) in [4.78, 5) is 10.3. The van der Waals surface area contributed by atoms with Crippen LogP contribution in [-0.4, -0.2) is 24.5 Å². The molecule has 0 saturated heterocycles. The molecule has 0 aliphatic carbocycles. The van der Waals surface area contributed by atoms with Gasteiger partial charge in [-0.15, -0.1) is 46.7 Å². The van der Waals surface area contributed by atoms with Gasteiger partial charge in [0.1, 0.15) is 0 Å². The second-order valence-corrected chi connectivity index (χ2v) is 7.97. The zero-order valence-corrected chi connectivity index (χ0v) is 18.0. The van der Waals surface area contributed by atoms with Gasteiger partial charge in [0.25, 0.3) is 0 Å². The van der Waals surface area contributed by atoms with E-state index in [-0.39, 0.29) is 29.4 Å². The average molecular weight is 464 g/mol. The number of aromatic nitrogens is 1. The van der Waals surface area contributed by atoms with Crippen molar-refractivity contribution in [3.05, 3.63) is 38.5 Å². The summed E-state index contributed by atoms with van der Waals surface area (Å²) in [6.45, 7) is 8.14. The quantitative estimate of drug-likeness (QED) is 0.399. The third-order valence-electron chi connectivity index (χ3n) is 3.10. The highest BCUT2D eigenvalue weighted by molar-refractivity contribution is 14.0. The number of hydrogen-bond donors (Lipinski definition) is 2. The Morgan fingerprint density at radius 3 is 2.61 bits per heavy atom. The molecule has 2 N–H and O–H groups in total. The number of nitrogens with one attached hydrogen (secondary N) is 2. The van der Waals surface area contributed by atoms with Crippen LogP contribution in [0.1, 0.15) is 36.3 Å². The second-order valence-electron chi connectivity index (χ2n) is 6.08. The Kier molecular flexibility index (Phi) is 8.49. The van der Waals surface area contributed by atoms with Crippen LogP contribution in [0.2, 0.25) is 0 Å². The van der Waals surface area contributed by atoms with Gasteiger partial charge in [0.2, 0.25) is 0 Å². The van der Waals surface area contributed by atoms with E-state index in [2.05, 4.69) is 64.3 Å². The predicted molar refractivity (Wildman–Crippen MR) is 112 cm³/mol. The minimum absolute atomic E-state index is 0. The lowest BCUT2D eigenvalue weighted by Crippen LogP contribution is -2.37. The van der Waals surface area contributed by atoms with Gasteiger partial charge in [-0.25, -0.2) is 4.98 Å². The Morgan fingerprint density at radius 2 is 2.04 bits per heavy atom. The van der Waals surface area contributed by atoms with Gasteiger partial charge in [-0.05, 0) is 17.9 Å². The summed E-state index contributed by atoms with van der Waals surface area (Å²) >= 11 is 3.51. The average Bonchev–Trinajstić information content (AvgIpc) is 3.13. The molecule has 7 heteroatoms. The van der Waals surface area contributed by atoms with E-state index in [9.17, 15) is 0 Å². The second kappa shape index (κ2) is 9.58. The molecule has 0 aromatic carbocycles. The van der Waals surface area contributed by atoms with E-state index in [1.165, 1.54) is 9.88 Å². The molecule has 0 atom stereocenters. The summed E-state index contributed by atoms with van der Waals surface area (Å²) < 4.78 is 0. The van der Waals surface area contributed by atoms with Crippen LogP contribution < -0.4 is 10.6 Å². The number of aliphatic imine (C=N–C) groups is 1. The van der Waals surface area contributed by atoms with Crippen LogP contribution in [0.5, 0.6) is 0 Å². The molecule has 2 heterocycles. The first-order valence-electron chi connectivity index (χ1n) is 7.41. The van der Waals surface area contributed by atoms with Crippen LogP contribution in [0.15, 0.2) is 27.9 Å². The van der Waals surface area contributed by atoms with Crippen LogP contribution in [-0.2, 0) is 18.4 Å². The maximum absolute atomic E-state index is 4.68. The number of guanidine groups is 1. The maximum atomic E-state index is 4.68. The van der Waals surface area contributed by atoms with Crippen molar-refractivity contribution in [1.29, 1.82) is 0 Å². The van der Waals surface area contributed by atoms with Crippen molar-refractivity contribution in [3.8, 4) is 0 Å². The molecule has 4 nitrogen and oxygen atoms in total. The summed E-state index contributed by atoms with van der Waals surface area (Å²) in [6, 6.07) is 4.24. The number of rotatable bonds is 5. The topological polar surface area (TPSA) is 49.3 Å². The molecule has 0 unspecified atom stereocenters. The molecule has 0 bridgehead atoms. The van der Waals surface area contributed by atoms with Gasteiger partial charge in [0.05, 0.1) is 17.2 Å². The van der Waals surface area contributed by atoms with Gasteiger partial charge in [0.15, 0.2) is 5.96 Å². The lowest BCUT2D eigenvalue weighted by atomic mass is 9.98. The first kappa shape index (κ1) is 20.4. The number of nitrogens with zero attached hydrogens (tertiary/aromatic N) is 2. The lowest BCUT2D eigenvalue weighted by Gasteiger charge is -2.14. The Bertz CT molecular complexity index is 600. The summed E-state index contributed by atoms with van der Waals surface area (Å²) in [5.41, 5.74) is 1.18. The molecular formula is C16H25IN4S2. The van der Waals surface area contributed by atoms with Gasteiger partial charge in [0, 0.05) is 29.3 Å². The zero-order valence-electron chi connectivity index (χ0n) is 14.0. The van der Waals surface area contributed by atoms with Crippen LogP contribution in [0.25, 0.3) is 0 Å². The highest BCUT2D eigenvalue weighted by Crippen LogP contribution is 2.25. The summed E-state index contributed by atoms with van der Waals surface area (Å²) in [5.74, 6) is 0.821. The lowest BCUT2D eigenvalue weighted by molar-refractivity contribution is 0.582. The van der Waals surface area contributed by atoms with E-state index in [0.717, 1.165) is 24.6 Å². The Hall–Kier alpha value is -0.670. The molecule has 128 valence electrons.